The second-order valence-electron chi connectivity index (χ2n) is 6.14. The Kier molecular flexibility index (Phi) is 3.44. The summed E-state index contributed by atoms with van der Waals surface area (Å²) in [6.07, 6.45) is 1.05. The van der Waals surface area contributed by atoms with Gasteiger partial charge in [-0.1, -0.05) is 20.8 Å². The molecule has 0 aromatic carbocycles. The van der Waals surface area contributed by atoms with Gasteiger partial charge in [-0.25, -0.2) is 0 Å². The molecule has 0 atom stereocenters. The maximum atomic E-state index is 12.2. The highest BCUT2D eigenvalue weighted by molar-refractivity contribution is 5.81. The maximum absolute atomic E-state index is 12.2. The lowest BCUT2D eigenvalue weighted by molar-refractivity contribution is -0.140. The van der Waals surface area contributed by atoms with Crippen LogP contribution in [0.4, 0.5) is 0 Å². The van der Waals surface area contributed by atoms with Crippen molar-refractivity contribution in [2.75, 3.05) is 19.6 Å². The van der Waals surface area contributed by atoms with Crippen LogP contribution in [0, 0.1) is 5.41 Å². The summed E-state index contributed by atoms with van der Waals surface area (Å²) in [5.74, 6) is 0.263. The molecule has 0 unspecified atom stereocenters. The van der Waals surface area contributed by atoms with E-state index in [1.165, 1.54) is 0 Å². The summed E-state index contributed by atoms with van der Waals surface area (Å²) in [5, 5.41) is 3.46. The van der Waals surface area contributed by atoms with Crippen LogP contribution >= 0.6 is 0 Å². The number of carbonyl (C=O) groups is 1. The van der Waals surface area contributed by atoms with E-state index >= 15 is 0 Å². The molecule has 3 heteroatoms. The molecule has 1 saturated heterocycles. The molecule has 3 nitrogen and oxygen atoms in total. The van der Waals surface area contributed by atoms with Gasteiger partial charge in [0.15, 0.2) is 0 Å². The highest BCUT2D eigenvalue weighted by Gasteiger charge is 2.32. The average Bonchev–Trinajstić information content (AvgIpc) is 2.23. The normalized spacial score (nSPS) is 22.3. The van der Waals surface area contributed by atoms with Crippen LogP contribution in [0.1, 0.15) is 41.0 Å². The van der Waals surface area contributed by atoms with Crippen molar-refractivity contribution in [3.05, 3.63) is 0 Å². The van der Waals surface area contributed by atoms with Crippen molar-refractivity contribution in [2.24, 2.45) is 5.41 Å². The minimum atomic E-state index is -0.263. The fraction of sp³-hybridized carbons (Fsp3) is 0.917. The van der Waals surface area contributed by atoms with Crippen LogP contribution in [-0.2, 0) is 4.79 Å². The van der Waals surface area contributed by atoms with E-state index in [4.69, 9.17) is 0 Å². The summed E-state index contributed by atoms with van der Waals surface area (Å²) in [7, 11) is 0. The second kappa shape index (κ2) is 4.12. The van der Waals surface area contributed by atoms with E-state index in [-0.39, 0.29) is 16.9 Å². The van der Waals surface area contributed by atoms with Gasteiger partial charge in [-0.3, -0.25) is 4.79 Å². The van der Waals surface area contributed by atoms with Gasteiger partial charge in [-0.2, -0.15) is 0 Å². The molecule has 1 aliphatic heterocycles. The van der Waals surface area contributed by atoms with Gasteiger partial charge in [0, 0.05) is 24.0 Å². The van der Waals surface area contributed by atoms with Gasteiger partial charge in [-0.05, 0) is 26.8 Å². The highest BCUT2D eigenvalue weighted by Crippen LogP contribution is 2.20. The molecule has 0 bridgehead atoms. The van der Waals surface area contributed by atoms with Gasteiger partial charge in [0.25, 0.3) is 0 Å². The predicted molar refractivity (Wildman–Crippen MR) is 62.7 cm³/mol. The summed E-state index contributed by atoms with van der Waals surface area (Å²) < 4.78 is 0. The van der Waals surface area contributed by atoms with Gasteiger partial charge < -0.3 is 10.2 Å². The molecule has 1 aliphatic rings. The first kappa shape index (κ1) is 12.5. The first-order valence-corrected chi connectivity index (χ1v) is 5.77. The lowest BCUT2D eigenvalue weighted by Gasteiger charge is -2.33. The maximum Gasteiger partial charge on any atom is 0.228 e. The predicted octanol–water partition coefficient (Wildman–Crippen LogP) is 1.63. The Balaban J connectivity index is 2.73. The van der Waals surface area contributed by atoms with Crippen molar-refractivity contribution in [1.82, 2.24) is 10.2 Å². The van der Waals surface area contributed by atoms with Crippen LogP contribution in [-0.4, -0.2) is 36.0 Å². The Bertz CT molecular complexity index is 240. The summed E-state index contributed by atoms with van der Waals surface area (Å²) in [4.78, 5) is 14.2. The lowest BCUT2D eigenvalue weighted by Crippen LogP contribution is -2.50. The van der Waals surface area contributed by atoms with Gasteiger partial charge in [0.1, 0.15) is 0 Å². The average molecular weight is 212 g/mol. The SMILES string of the molecule is CC1(C)CN(C(=O)C(C)(C)C)CCCN1. The number of rotatable bonds is 0. The van der Waals surface area contributed by atoms with Gasteiger partial charge >= 0.3 is 0 Å². The Morgan fingerprint density at radius 3 is 2.47 bits per heavy atom. The molecule has 1 amide bonds. The summed E-state index contributed by atoms with van der Waals surface area (Å²) >= 11 is 0. The van der Waals surface area contributed by atoms with E-state index < -0.39 is 0 Å². The number of nitrogens with zero attached hydrogens (tertiary/aromatic N) is 1. The molecule has 0 radical (unpaired) electrons. The molecule has 0 spiro atoms. The molecule has 0 aliphatic carbocycles. The van der Waals surface area contributed by atoms with Crippen LogP contribution in [0.5, 0.6) is 0 Å². The Morgan fingerprint density at radius 1 is 1.33 bits per heavy atom. The molecule has 1 rings (SSSR count). The minimum absolute atomic E-state index is 0.0391. The molecule has 0 saturated carbocycles. The lowest BCUT2D eigenvalue weighted by atomic mass is 9.93. The van der Waals surface area contributed by atoms with Crippen LogP contribution in [0.2, 0.25) is 0 Å². The standard InChI is InChI=1S/C12H24N2O/c1-11(2,3)10(15)14-8-6-7-13-12(4,5)9-14/h13H,6-9H2,1-5H3. The van der Waals surface area contributed by atoms with Crippen LogP contribution < -0.4 is 5.32 Å². The Labute approximate surface area is 93.2 Å². The zero-order valence-corrected chi connectivity index (χ0v) is 10.7. The van der Waals surface area contributed by atoms with Crippen molar-refractivity contribution in [1.29, 1.82) is 0 Å². The number of carbonyl (C=O) groups excluding carboxylic acids is 1. The van der Waals surface area contributed by atoms with E-state index in [9.17, 15) is 4.79 Å². The van der Waals surface area contributed by atoms with Gasteiger partial charge in [0.2, 0.25) is 5.91 Å². The smallest absolute Gasteiger partial charge is 0.228 e. The third-order valence-corrected chi connectivity index (χ3v) is 2.72. The van der Waals surface area contributed by atoms with E-state index in [1.54, 1.807) is 0 Å². The summed E-state index contributed by atoms with van der Waals surface area (Å²) in [5.41, 5.74) is -0.224. The van der Waals surface area contributed by atoms with Crippen molar-refractivity contribution in [3.8, 4) is 0 Å². The van der Waals surface area contributed by atoms with Gasteiger partial charge in [0.05, 0.1) is 0 Å². The van der Waals surface area contributed by atoms with Crippen molar-refractivity contribution in [2.45, 2.75) is 46.6 Å². The molecule has 1 heterocycles. The number of hydrogen-bond donors (Lipinski definition) is 1. The highest BCUT2D eigenvalue weighted by atomic mass is 16.2. The number of hydrogen-bond acceptors (Lipinski definition) is 2. The molecule has 0 aromatic rings. The summed E-state index contributed by atoms with van der Waals surface area (Å²) in [6, 6.07) is 0. The molecular formula is C12H24N2O. The molecule has 88 valence electrons. The number of nitrogens with one attached hydrogen (secondary N) is 1. The fourth-order valence-electron chi connectivity index (χ4n) is 1.96. The fourth-order valence-corrected chi connectivity index (χ4v) is 1.96. The third kappa shape index (κ3) is 3.49. The van der Waals surface area contributed by atoms with Crippen LogP contribution in [0.25, 0.3) is 0 Å². The van der Waals surface area contributed by atoms with Crippen molar-refractivity contribution in [3.63, 3.8) is 0 Å². The van der Waals surface area contributed by atoms with Gasteiger partial charge in [-0.15, -0.1) is 0 Å². The quantitative estimate of drug-likeness (QED) is 0.662. The minimum Gasteiger partial charge on any atom is -0.340 e. The monoisotopic (exact) mass is 212 g/mol. The van der Waals surface area contributed by atoms with Crippen molar-refractivity contribution < 1.29 is 4.79 Å². The van der Waals surface area contributed by atoms with E-state index in [2.05, 4.69) is 19.2 Å². The largest absolute Gasteiger partial charge is 0.340 e. The molecular weight excluding hydrogens is 188 g/mol. The van der Waals surface area contributed by atoms with E-state index in [0.29, 0.717) is 0 Å². The third-order valence-electron chi connectivity index (χ3n) is 2.72. The van der Waals surface area contributed by atoms with E-state index in [1.807, 2.05) is 25.7 Å². The van der Waals surface area contributed by atoms with Crippen LogP contribution in [0.3, 0.4) is 0 Å². The molecule has 15 heavy (non-hydrogen) atoms. The molecule has 0 aromatic heterocycles. The Morgan fingerprint density at radius 2 is 1.93 bits per heavy atom. The molecule has 1 fully saturated rings. The Hall–Kier alpha value is -0.570. The molecule has 1 N–H and O–H groups in total. The van der Waals surface area contributed by atoms with Crippen molar-refractivity contribution >= 4 is 5.91 Å². The topological polar surface area (TPSA) is 32.3 Å². The van der Waals surface area contributed by atoms with E-state index in [0.717, 1.165) is 26.1 Å². The number of amides is 1. The first-order chi connectivity index (χ1) is 6.72. The summed E-state index contributed by atoms with van der Waals surface area (Å²) in [6.45, 7) is 13.0. The second-order valence-corrected chi connectivity index (χ2v) is 6.14. The zero-order chi connectivity index (χ0) is 11.7. The zero-order valence-electron chi connectivity index (χ0n) is 10.7. The van der Waals surface area contributed by atoms with Crippen LogP contribution in [0.15, 0.2) is 0 Å². The first-order valence-electron chi connectivity index (χ1n) is 5.77.